The van der Waals surface area contributed by atoms with Gasteiger partial charge in [0.25, 0.3) is 0 Å². The van der Waals surface area contributed by atoms with Crippen molar-refractivity contribution in [1.82, 2.24) is 9.88 Å². The summed E-state index contributed by atoms with van der Waals surface area (Å²) >= 11 is 0. The summed E-state index contributed by atoms with van der Waals surface area (Å²) in [6.07, 6.45) is 4.13. The summed E-state index contributed by atoms with van der Waals surface area (Å²) < 4.78 is 0. The molecule has 2 aromatic rings. The smallest absolute Gasteiger partial charge is 0.329 e. The number of aliphatic hydroxyl groups is 1. The first kappa shape index (κ1) is 17.5. The van der Waals surface area contributed by atoms with Crippen molar-refractivity contribution in [3.8, 4) is 5.75 Å². The zero-order valence-electron chi connectivity index (χ0n) is 13.4. The summed E-state index contributed by atoms with van der Waals surface area (Å²) in [6.45, 7) is 2.15. The van der Waals surface area contributed by atoms with Crippen LogP contribution in [0.3, 0.4) is 0 Å². The fourth-order valence-corrected chi connectivity index (χ4v) is 2.36. The Kier molecular flexibility index (Phi) is 5.92. The van der Waals surface area contributed by atoms with Crippen LogP contribution >= 0.6 is 0 Å². The van der Waals surface area contributed by atoms with Gasteiger partial charge in [-0.2, -0.15) is 0 Å². The molecule has 1 aromatic heterocycles. The molecule has 6 nitrogen and oxygen atoms in total. The quantitative estimate of drug-likeness (QED) is 0.675. The Labute approximate surface area is 140 Å². The Bertz CT molecular complexity index is 729. The van der Waals surface area contributed by atoms with E-state index in [1.165, 1.54) is 6.20 Å². The summed E-state index contributed by atoms with van der Waals surface area (Å²) in [4.78, 5) is 16.7. The van der Waals surface area contributed by atoms with Crippen LogP contribution in [-0.4, -0.2) is 31.2 Å². The highest BCUT2D eigenvalue weighted by Crippen LogP contribution is 2.25. The third-order valence-corrected chi connectivity index (χ3v) is 3.62. The van der Waals surface area contributed by atoms with Crippen molar-refractivity contribution in [2.24, 2.45) is 0 Å². The van der Waals surface area contributed by atoms with Gasteiger partial charge in [0.05, 0.1) is 12.3 Å². The second-order valence-electron chi connectivity index (χ2n) is 5.40. The molecule has 0 unspecified atom stereocenters. The Morgan fingerprint density at radius 3 is 2.58 bits per heavy atom. The molecule has 0 fully saturated rings. The topological polar surface area (TPSA) is 93.9 Å². The molecule has 0 aliphatic carbocycles. The van der Waals surface area contributed by atoms with Crippen molar-refractivity contribution in [1.29, 1.82) is 0 Å². The van der Waals surface area contributed by atoms with E-state index < -0.39 is 5.97 Å². The third-order valence-electron chi connectivity index (χ3n) is 3.62. The first-order chi connectivity index (χ1) is 11.5. The van der Waals surface area contributed by atoms with Crippen LogP contribution in [0.1, 0.15) is 22.4 Å². The number of hydrogen-bond acceptors (Lipinski definition) is 5. The lowest BCUT2D eigenvalue weighted by Crippen LogP contribution is -2.18. The molecule has 126 valence electrons. The van der Waals surface area contributed by atoms with Crippen LogP contribution in [0.4, 0.5) is 0 Å². The molecule has 0 saturated heterocycles. The first-order valence-corrected chi connectivity index (χ1v) is 7.47. The van der Waals surface area contributed by atoms with E-state index in [9.17, 15) is 15.0 Å². The number of aromatic hydroxyl groups is 1. The highest BCUT2D eigenvalue weighted by Gasteiger charge is 2.13. The minimum absolute atomic E-state index is 0.0307. The van der Waals surface area contributed by atoms with Crippen molar-refractivity contribution < 1.29 is 20.1 Å². The van der Waals surface area contributed by atoms with Gasteiger partial charge in [-0.3, -0.25) is 4.98 Å². The van der Waals surface area contributed by atoms with Crippen LogP contribution in [-0.2, 0) is 24.5 Å². The maximum atomic E-state index is 10.8. The Morgan fingerprint density at radius 2 is 1.96 bits per heavy atom. The van der Waals surface area contributed by atoms with Crippen LogP contribution in [0.15, 0.2) is 48.8 Å². The lowest BCUT2D eigenvalue weighted by Gasteiger charge is -2.22. The van der Waals surface area contributed by atoms with Crippen molar-refractivity contribution in [2.75, 3.05) is 0 Å². The lowest BCUT2D eigenvalue weighted by atomic mass is 10.1. The number of carbonyl (C=O) groups is 1. The van der Waals surface area contributed by atoms with E-state index in [1.807, 2.05) is 30.3 Å². The minimum atomic E-state index is -1.04. The fourth-order valence-electron chi connectivity index (χ4n) is 2.36. The SMILES string of the molecule is Cc1ncc(CN(C=CC(=O)O)Cc2ccccc2)c(CO)c1O. The van der Waals surface area contributed by atoms with E-state index in [-0.39, 0.29) is 12.4 Å². The monoisotopic (exact) mass is 328 g/mol. The molecule has 1 aromatic carbocycles. The molecule has 6 heteroatoms. The van der Waals surface area contributed by atoms with Crippen molar-refractivity contribution in [3.05, 3.63) is 71.2 Å². The van der Waals surface area contributed by atoms with Gasteiger partial charge in [0.15, 0.2) is 0 Å². The van der Waals surface area contributed by atoms with Gasteiger partial charge >= 0.3 is 5.97 Å². The number of benzene rings is 1. The van der Waals surface area contributed by atoms with Crippen molar-refractivity contribution in [3.63, 3.8) is 0 Å². The molecular weight excluding hydrogens is 308 g/mol. The standard InChI is InChI=1S/C18H20N2O4/c1-13-18(24)16(12-21)15(9-19-13)11-20(8-7-17(22)23)10-14-5-3-2-4-6-14/h2-9,21,24H,10-12H2,1H3,(H,22,23). The minimum Gasteiger partial charge on any atom is -0.506 e. The molecule has 24 heavy (non-hydrogen) atoms. The van der Waals surface area contributed by atoms with Crippen LogP contribution in [0.25, 0.3) is 0 Å². The largest absolute Gasteiger partial charge is 0.506 e. The molecule has 0 amide bonds. The second-order valence-corrected chi connectivity index (χ2v) is 5.40. The highest BCUT2D eigenvalue weighted by atomic mass is 16.4. The highest BCUT2D eigenvalue weighted by molar-refractivity contribution is 5.79. The number of pyridine rings is 1. The molecule has 0 radical (unpaired) electrons. The molecule has 0 saturated carbocycles. The summed E-state index contributed by atoms with van der Waals surface area (Å²) in [6, 6.07) is 9.62. The van der Waals surface area contributed by atoms with Gasteiger partial charge in [-0.15, -0.1) is 0 Å². The maximum absolute atomic E-state index is 10.8. The number of carboxylic acids is 1. The number of hydrogen-bond donors (Lipinski definition) is 3. The molecule has 0 atom stereocenters. The number of nitrogens with zero attached hydrogens (tertiary/aromatic N) is 2. The maximum Gasteiger partial charge on any atom is 0.329 e. The summed E-state index contributed by atoms with van der Waals surface area (Å²) in [5.74, 6) is -1.07. The number of aromatic nitrogens is 1. The first-order valence-electron chi connectivity index (χ1n) is 7.47. The average Bonchev–Trinajstić information content (AvgIpc) is 2.57. The number of rotatable bonds is 7. The van der Waals surface area contributed by atoms with Crippen LogP contribution < -0.4 is 0 Å². The van der Waals surface area contributed by atoms with Gasteiger partial charge in [0.2, 0.25) is 0 Å². The second kappa shape index (κ2) is 8.12. The van der Waals surface area contributed by atoms with Crippen molar-refractivity contribution >= 4 is 5.97 Å². The zero-order valence-corrected chi connectivity index (χ0v) is 13.4. The van der Waals surface area contributed by atoms with E-state index in [1.54, 1.807) is 18.0 Å². The molecule has 0 aliphatic heterocycles. The molecule has 3 N–H and O–H groups in total. The Hall–Kier alpha value is -2.86. The van der Waals surface area contributed by atoms with Gasteiger partial charge in [-0.05, 0) is 18.1 Å². The van der Waals surface area contributed by atoms with Crippen LogP contribution in [0, 0.1) is 6.92 Å². The number of aryl methyl sites for hydroxylation is 1. The summed E-state index contributed by atoms with van der Waals surface area (Å²) in [5.41, 5.74) is 2.51. The zero-order chi connectivity index (χ0) is 17.5. The van der Waals surface area contributed by atoms with Gasteiger partial charge in [0.1, 0.15) is 5.75 Å². The molecule has 2 rings (SSSR count). The van der Waals surface area contributed by atoms with E-state index >= 15 is 0 Å². The average molecular weight is 328 g/mol. The Morgan fingerprint density at radius 1 is 1.25 bits per heavy atom. The van der Waals surface area contributed by atoms with Crippen molar-refractivity contribution in [2.45, 2.75) is 26.6 Å². The molecular formula is C18H20N2O4. The normalized spacial score (nSPS) is 10.9. The predicted molar refractivity (Wildman–Crippen MR) is 89.0 cm³/mol. The van der Waals surface area contributed by atoms with E-state index in [4.69, 9.17) is 5.11 Å². The fraction of sp³-hybridized carbons (Fsp3) is 0.222. The van der Waals surface area contributed by atoms with Gasteiger partial charge in [0, 0.05) is 37.1 Å². The molecule has 1 heterocycles. The van der Waals surface area contributed by atoms with E-state index in [0.717, 1.165) is 11.6 Å². The lowest BCUT2D eigenvalue weighted by molar-refractivity contribution is -0.131. The van der Waals surface area contributed by atoms with Gasteiger partial charge in [-0.1, -0.05) is 30.3 Å². The van der Waals surface area contributed by atoms with E-state index in [0.29, 0.717) is 29.9 Å². The summed E-state index contributed by atoms with van der Waals surface area (Å²) in [7, 11) is 0. The predicted octanol–water partition coefficient (Wildman–Crippen LogP) is 2.19. The van der Waals surface area contributed by atoms with Crippen LogP contribution in [0.2, 0.25) is 0 Å². The molecule has 0 spiro atoms. The summed E-state index contributed by atoms with van der Waals surface area (Å²) in [5, 5.41) is 28.4. The third kappa shape index (κ3) is 4.57. The van der Waals surface area contributed by atoms with E-state index in [2.05, 4.69) is 4.98 Å². The number of carboxylic acid groups (broad SMARTS) is 1. The number of aliphatic carboxylic acids is 1. The Balaban J connectivity index is 2.28. The van der Waals surface area contributed by atoms with Gasteiger partial charge in [-0.25, -0.2) is 4.79 Å². The van der Waals surface area contributed by atoms with Gasteiger partial charge < -0.3 is 20.2 Å². The van der Waals surface area contributed by atoms with Crippen LogP contribution in [0.5, 0.6) is 5.75 Å². The molecule has 0 bridgehead atoms. The number of aliphatic hydroxyl groups excluding tert-OH is 1. The molecule has 0 aliphatic rings.